The van der Waals surface area contributed by atoms with E-state index < -0.39 is 34.9 Å². The molecule has 172 valence electrons. The summed E-state index contributed by atoms with van der Waals surface area (Å²) in [5.74, 6) is -2.29. The maximum absolute atomic E-state index is 14.2. The lowest BCUT2D eigenvalue weighted by Gasteiger charge is -2.14. The fourth-order valence-corrected chi connectivity index (χ4v) is 3.83. The average molecular weight is 479 g/mol. The predicted octanol–water partition coefficient (Wildman–Crippen LogP) is 3.99. The molecule has 2 aromatic carbocycles. The second-order valence-corrected chi connectivity index (χ2v) is 8.16. The molecule has 0 aliphatic rings. The normalized spacial score (nSPS) is 11.6. The van der Waals surface area contributed by atoms with Crippen molar-refractivity contribution in [3.05, 3.63) is 93.5 Å². The summed E-state index contributed by atoms with van der Waals surface area (Å²) in [4.78, 5) is 41.9. The van der Waals surface area contributed by atoms with E-state index >= 15 is 0 Å². The summed E-state index contributed by atoms with van der Waals surface area (Å²) in [5.41, 5.74) is 0.732. The summed E-state index contributed by atoms with van der Waals surface area (Å²) in [6.45, 7) is 2.92. The predicted molar refractivity (Wildman–Crippen MR) is 126 cm³/mol. The van der Waals surface area contributed by atoms with Crippen molar-refractivity contribution in [3.8, 4) is 16.9 Å². The highest BCUT2D eigenvalue weighted by atomic mass is 32.1. The Morgan fingerprint density at radius 1 is 1.12 bits per heavy atom. The second-order valence-electron chi connectivity index (χ2n) is 7.30. The monoisotopic (exact) mass is 478 g/mol. The zero-order chi connectivity index (χ0) is 24.2. The van der Waals surface area contributed by atoms with Crippen molar-refractivity contribution in [2.24, 2.45) is 0 Å². The van der Waals surface area contributed by atoms with Crippen molar-refractivity contribution in [3.63, 3.8) is 0 Å². The van der Waals surface area contributed by atoms with Gasteiger partial charge in [-0.1, -0.05) is 42.5 Å². The molecule has 1 atom stereocenters. The van der Waals surface area contributed by atoms with Crippen molar-refractivity contribution >= 4 is 28.3 Å². The van der Waals surface area contributed by atoms with Crippen LogP contribution in [0.25, 0.3) is 16.9 Å². The number of hydrogen-bond donors (Lipinski definition) is 1. The van der Waals surface area contributed by atoms with Gasteiger partial charge in [-0.15, -0.1) is 11.3 Å². The molecule has 1 unspecified atom stereocenters. The number of amides is 1. The van der Waals surface area contributed by atoms with Crippen LogP contribution in [0, 0.1) is 12.7 Å². The van der Waals surface area contributed by atoms with E-state index in [1.165, 1.54) is 36.5 Å². The molecule has 0 radical (unpaired) electrons. The minimum atomic E-state index is -1.24. The van der Waals surface area contributed by atoms with Crippen LogP contribution in [0.5, 0.6) is 0 Å². The Bertz CT molecular complexity index is 1420. The van der Waals surface area contributed by atoms with E-state index in [0.29, 0.717) is 16.5 Å². The van der Waals surface area contributed by atoms with Gasteiger partial charge in [-0.05, 0) is 26.0 Å². The first-order valence-electron chi connectivity index (χ1n) is 10.2. The Morgan fingerprint density at radius 3 is 2.56 bits per heavy atom. The number of benzene rings is 2. The van der Waals surface area contributed by atoms with Crippen LogP contribution in [0.15, 0.2) is 70.8 Å². The van der Waals surface area contributed by atoms with Crippen LogP contribution in [-0.2, 0) is 9.53 Å². The topological polar surface area (TPSA) is 103 Å². The van der Waals surface area contributed by atoms with Gasteiger partial charge < -0.3 is 4.74 Å². The molecule has 4 rings (SSSR count). The van der Waals surface area contributed by atoms with Gasteiger partial charge in [-0.2, -0.15) is 5.10 Å². The molecule has 2 heterocycles. The number of ether oxygens (including phenoxy) is 1. The number of rotatable bonds is 6. The third kappa shape index (κ3) is 4.91. The molecule has 0 saturated carbocycles. The minimum Gasteiger partial charge on any atom is -0.448 e. The van der Waals surface area contributed by atoms with Gasteiger partial charge >= 0.3 is 5.97 Å². The number of aryl methyl sites for hydroxylation is 1. The summed E-state index contributed by atoms with van der Waals surface area (Å²) in [6, 6.07) is 16.4. The number of anilines is 1. The number of para-hydroxylation sites is 1. The number of halogens is 1. The van der Waals surface area contributed by atoms with Crippen LogP contribution in [-0.4, -0.2) is 32.7 Å². The van der Waals surface area contributed by atoms with Gasteiger partial charge in [0, 0.05) is 22.7 Å². The number of aromatic nitrogens is 3. The summed E-state index contributed by atoms with van der Waals surface area (Å²) in [6.07, 6.45) is -1.24. The van der Waals surface area contributed by atoms with E-state index in [0.717, 1.165) is 16.3 Å². The first-order chi connectivity index (χ1) is 16.3. The molecule has 0 spiro atoms. The lowest BCUT2D eigenvalue weighted by molar-refractivity contribution is -0.123. The SMILES string of the molecule is Cc1cc(=O)c(C(=O)OC(C)C(=O)Nc2nc(-c3ccccc3)cs2)nn1-c1ccccc1F. The number of thiazole rings is 1. The zero-order valence-corrected chi connectivity index (χ0v) is 19.0. The van der Waals surface area contributed by atoms with Gasteiger partial charge in [0.1, 0.15) is 11.5 Å². The van der Waals surface area contributed by atoms with E-state index in [1.807, 2.05) is 30.3 Å². The Hall–Kier alpha value is -4.18. The Balaban J connectivity index is 1.48. The molecule has 4 aromatic rings. The van der Waals surface area contributed by atoms with Crippen LogP contribution in [0.1, 0.15) is 23.1 Å². The lowest BCUT2D eigenvalue weighted by Crippen LogP contribution is -2.32. The maximum atomic E-state index is 14.2. The van der Waals surface area contributed by atoms with Gasteiger partial charge in [-0.3, -0.25) is 14.9 Å². The number of nitrogens with zero attached hydrogens (tertiary/aromatic N) is 3. The molecule has 8 nitrogen and oxygen atoms in total. The highest BCUT2D eigenvalue weighted by molar-refractivity contribution is 7.14. The Labute approximate surface area is 197 Å². The molecule has 0 bridgehead atoms. The smallest absolute Gasteiger partial charge is 0.363 e. The highest BCUT2D eigenvalue weighted by Gasteiger charge is 2.24. The standard InChI is InChI=1S/C24H19FN4O4S/c1-14-12-20(30)21(28-29(14)19-11-7-6-10-17(19)25)23(32)33-15(2)22(31)27-24-26-18(13-34-24)16-8-4-3-5-9-16/h3-13,15H,1-2H3,(H,26,27,31). The number of hydrogen-bond acceptors (Lipinski definition) is 7. The van der Waals surface area contributed by atoms with Gasteiger partial charge in [0.25, 0.3) is 5.91 Å². The molecule has 2 aromatic heterocycles. The van der Waals surface area contributed by atoms with E-state index in [2.05, 4.69) is 15.4 Å². The van der Waals surface area contributed by atoms with Gasteiger partial charge in [-0.25, -0.2) is 18.9 Å². The Morgan fingerprint density at radius 2 is 1.82 bits per heavy atom. The molecule has 34 heavy (non-hydrogen) atoms. The lowest BCUT2D eigenvalue weighted by atomic mass is 10.2. The fourth-order valence-electron chi connectivity index (χ4n) is 3.11. The van der Waals surface area contributed by atoms with Crippen molar-refractivity contribution in [1.82, 2.24) is 14.8 Å². The third-order valence-corrected chi connectivity index (χ3v) is 5.60. The van der Waals surface area contributed by atoms with E-state index in [1.54, 1.807) is 18.4 Å². The molecule has 1 N–H and O–H groups in total. The molecule has 10 heteroatoms. The number of esters is 1. The molecule has 0 aliphatic carbocycles. The van der Waals surface area contributed by atoms with Gasteiger partial charge in [0.15, 0.2) is 11.2 Å². The summed E-state index contributed by atoms with van der Waals surface area (Å²) >= 11 is 1.23. The van der Waals surface area contributed by atoms with Crippen molar-refractivity contribution in [1.29, 1.82) is 0 Å². The molecular weight excluding hydrogens is 459 g/mol. The molecule has 0 saturated heterocycles. The van der Waals surface area contributed by atoms with Crippen LogP contribution >= 0.6 is 11.3 Å². The quantitative estimate of drug-likeness (QED) is 0.421. The van der Waals surface area contributed by atoms with Crippen molar-refractivity contribution < 1.29 is 18.7 Å². The Kier molecular flexibility index (Phi) is 6.60. The summed E-state index contributed by atoms with van der Waals surface area (Å²) in [5, 5.41) is 8.71. The summed E-state index contributed by atoms with van der Waals surface area (Å²) < 4.78 is 20.5. The summed E-state index contributed by atoms with van der Waals surface area (Å²) in [7, 11) is 0. The first kappa shape index (κ1) is 23.0. The molecule has 0 aliphatic heterocycles. The number of carbonyl (C=O) groups is 2. The van der Waals surface area contributed by atoms with E-state index in [-0.39, 0.29) is 5.69 Å². The number of nitrogens with one attached hydrogen (secondary N) is 1. The molecular formula is C24H19FN4O4S. The van der Waals surface area contributed by atoms with E-state index in [9.17, 15) is 18.8 Å². The number of carbonyl (C=O) groups excluding carboxylic acids is 2. The average Bonchev–Trinajstić information content (AvgIpc) is 3.29. The highest BCUT2D eigenvalue weighted by Crippen LogP contribution is 2.24. The second kappa shape index (κ2) is 9.75. The largest absolute Gasteiger partial charge is 0.448 e. The minimum absolute atomic E-state index is 0.0674. The fraction of sp³-hybridized carbons (Fsp3) is 0.125. The molecule has 1 amide bonds. The third-order valence-electron chi connectivity index (χ3n) is 4.84. The van der Waals surface area contributed by atoms with Crippen LogP contribution in [0.2, 0.25) is 0 Å². The maximum Gasteiger partial charge on any atom is 0.363 e. The van der Waals surface area contributed by atoms with Gasteiger partial charge in [0.2, 0.25) is 11.1 Å². The van der Waals surface area contributed by atoms with Gasteiger partial charge in [0.05, 0.1) is 5.69 Å². The van der Waals surface area contributed by atoms with Crippen LogP contribution in [0.3, 0.4) is 0 Å². The van der Waals surface area contributed by atoms with E-state index in [4.69, 9.17) is 4.74 Å². The van der Waals surface area contributed by atoms with Crippen molar-refractivity contribution in [2.75, 3.05) is 5.32 Å². The molecule has 0 fully saturated rings. The zero-order valence-electron chi connectivity index (χ0n) is 18.2. The van der Waals surface area contributed by atoms with Crippen LogP contribution < -0.4 is 10.7 Å². The van der Waals surface area contributed by atoms with Crippen molar-refractivity contribution in [2.45, 2.75) is 20.0 Å². The first-order valence-corrected chi connectivity index (χ1v) is 11.1. The van der Waals surface area contributed by atoms with Crippen LogP contribution in [0.4, 0.5) is 9.52 Å².